The molecule has 3 heteroatoms. The second-order valence-corrected chi connectivity index (χ2v) is 4.81. The van der Waals surface area contributed by atoms with Crippen molar-refractivity contribution in [2.24, 2.45) is 0 Å². The van der Waals surface area contributed by atoms with E-state index in [-0.39, 0.29) is 42.5 Å². The minimum Gasteiger partial charge on any atom is -0.787 e. The first-order valence-electron chi connectivity index (χ1n) is 4.09. The Balaban J connectivity index is 0. The van der Waals surface area contributed by atoms with E-state index >= 15 is 0 Å². The average Bonchev–Trinajstić information content (AvgIpc) is 1.91. The molecule has 0 aliphatic carbocycles. The summed E-state index contributed by atoms with van der Waals surface area (Å²) in [6, 6.07) is 8.15. The summed E-state index contributed by atoms with van der Waals surface area (Å²) in [4.78, 5) is 0. The Labute approximate surface area is 117 Å². The van der Waals surface area contributed by atoms with Crippen molar-refractivity contribution in [1.29, 1.82) is 0 Å². The van der Waals surface area contributed by atoms with E-state index in [0.717, 1.165) is 12.0 Å². The molecule has 0 unspecified atom stereocenters. The van der Waals surface area contributed by atoms with E-state index in [1.165, 1.54) is 5.56 Å². The summed E-state index contributed by atoms with van der Waals surface area (Å²) in [5.74, 6) is 0. The fraction of sp³-hybridized carbons (Fsp3) is 0.364. The number of hydrogen-bond acceptors (Lipinski definition) is 1. The molecule has 0 fully saturated rings. The van der Waals surface area contributed by atoms with E-state index in [1.807, 2.05) is 18.2 Å². The van der Waals surface area contributed by atoms with Crippen molar-refractivity contribution in [2.75, 3.05) is 0 Å². The molecule has 1 rings (SSSR count). The Kier molecular flexibility index (Phi) is 8.52. The van der Waals surface area contributed by atoms with E-state index < -0.39 is 0 Å². The summed E-state index contributed by atoms with van der Waals surface area (Å²) < 4.78 is -0.0617. The van der Waals surface area contributed by atoms with Crippen LogP contribution in [0.5, 0.6) is 0 Å². The first-order chi connectivity index (χ1) is 5.49. The van der Waals surface area contributed by atoms with E-state index in [1.54, 1.807) is 0 Å². The van der Waals surface area contributed by atoms with Gasteiger partial charge in [0.25, 0.3) is 0 Å². The zero-order valence-electron chi connectivity index (χ0n) is 9.63. The molecule has 0 aliphatic rings. The van der Waals surface area contributed by atoms with Crippen LogP contribution in [0.1, 0.15) is 25.0 Å². The van der Waals surface area contributed by atoms with Crippen molar-refractivity contribution in [3.05, 3.63) is 42.3 Å². The van der Waals surface area contributed by atoms with E-state index in [4.69, 9.17) is 12.6 Å². The molecule has 0 atom stereocenters. The van der Waals surface area contributed by atoms with Crippen molar-refractivity contribution < 1.29 is 37.7 Å². The Hall–Kier alpha value is 0.635. The quantitative estimate of drug-likeness (QED) is 0.269. The van der Waals surface area contributed by atoms with Gasteiger partial charge in [-0.1, -0.05) is 26.3 Å². The summed E-state index contributed by atoms with van der Waals surface area (Å²) in [5.41, 5.74) is 2.35. The molecule has 0 heterocycles. The van der Waals surface area contributed by atoms with Crippen LogP contribution >= 0.6 is 0 Å². The van der Waals surface area contributed by atoms with Gasteiger partial charge in [-0.2, -0.15) is 28.9 Å². The second kappa shape index (κ2) is 7.00. The van der Waals surface area contributed by atoms with Crippen LogP contribution in [0, 0.1) is 6.92 Å². The van der Waals surface area contributed by atoms with Crippen molar-refractivity contribution in [3.8, 4) is 0 Å². The molecule has 66 valence electrons. The number of benzene rings is 1. The normalized spacial score (nSPS) is 9.93. The molecule has 0 amide bonds. The molecule has 0 saturated carbocycles. The molecule has 0 N–H and O–H groups in total. The van der Waals surface area contributed by atoms with E-state index in [9.17, 15) is 0 Å². The third-order valence-corrected chi connectivity index (χ3v) is 1.88. The van der Waals surface area contributed by atoms with E-state index in [2.05, 4.69) is 26.8 Å². The first-order valence-corrected chi connectivity index (χ1v) is 4.50. The minimum absolute atomic E-state index is 0. The molecule has 0 spiro atoms. The molecule has 1 aromatic carbocycles. The monoisotopic (exact) mass is 192 g/mol. The summed E-state index contributed by atoms with van der Waals surface area (Å²) >= 11 is 5.30. The van der Waals surface area contributed by atoms with Crippen LogP contribution in [-0.4, -0.2) is 4.75 Å². The van der Waals surface area contributed by atoms with Gasteiger partial charge in [0.05, 0.1) is 0 Å². The van der Waals surface area contributed by atoms with Crippen LogP contribution in [0.4, 0.5) is 0 Å². The number of hydrogen-bond donors (Lipinski definition) is 0. The Bertz CT molecular complexity index is 266. The van der Waals surface area contributed by atoms with Crippen LogP contribution in [0.3, 0.4) is 0 Å². The van der Waals surface area contributed by atoms with Gasteiger partial charge in [0.2, 0.25) is 0 Å². The van der Waals surface area contributed by atoms with Crippen LogP contribution in [0.15, 0.2) is 24.3 Å². The van der Waals surface area contributed by atoms with Gasteiger partial charge >= 0.3 is 37.7 Å². The smallest absolute Gasteiger partial charge is 0.787 e. The molecule has 0 nitrogen and oxygen atoms in total. The predicted octanol–water partition coefficient (Wildman–Crippen LogP) is -3.26. The van der Waals surface area contributed by atoms with Gasteiger partial charge in [-0.3, -0.25) is 0 Å². The third kappa shape index (κ3) is 6.18. The summed E-state index contributed by atoms with van der Waals surface area (Å²) in [7, 11) is 0. The van der Waals surface area contributed by atoms with Gasteiger partial charge in [0.1, 0.15) is 0 Å². The maximum atomic E-state index is 5.30. The van der Waals surface area contributed by atoms with Crippen LogP contribution in [0.2, 0.25) is 0 Å². The molecular weight excluding hydrogens is 178 g/mol. The maximum Gasteiger partial charge on any atom is 1.00 e. The largest absolute Gasteiger partial charge is 1.00 e. The maximum absolute atomic E-state index is 5.30. The predicted molar refractivity (Wildman–Crippen MR) is 56.0 cm³/mol. The van der Waals surface area contributed by atoms with Crippen LogP contribution < -0.4 is 37.7 Å². The molecule has 0 aliphatic heterocycles. The molecular formula is C11H14Li2S. The van der Waals surface area contributed by atoms with Crippen molar-refractivity contribution >= 4 is 12.6 Å². The van der Waals surface area contributed by atoms with Gasteiger partial charge in [-0.15, -0.1) is 12.1 Å². The molecule has 0 saturated heterocycles. The average molecular weight is 192 g/mol. The summed E-state index contributed by atoms with van der Waals surface area (Å²) in [6.07, 6.45) is 0.919. The van der Waals surface area contributed by atoms with Crippen LogP contribution in [0.25, 0.3) is 0 Å². The molecule has 1 aromatic rings. The summed E-state index contributed by atoms with van der Waals surface area (Å²) in [5, 5.41) is 0. The van der Waals surface area contributed by atoms with E-state index in [0.29, 0.717) is 0 Å². The molecule has 14 heavy (non-hydrogen) atoms. The zero-order valence-corrected chi connectivity index (χ0v) is 10.4. The molecule has 0 bridgehead atoms. The fourth-order valence-corrected chi connectivity index (χ4v) is 1.34. The Morgan fingerprint density at radius 1 is 1.21 bits per heavy atom. The van der Waals surface area contributed by atoms with Gasteiger partial charge in [0.15, 0.2) is 0 Å². The standard InChI is InChI=1S/C11H15S.2Li/c1-9-6-4-5-7-10(9)8-11(2,3)12;;/h4-7,12H,1,8H2,2-3H3;;/q-1;2*+1/p-1. The Morgan fingerprint density at radius 3 is 2.14 bits per heavy atom. The third-order valence-electron chi connectivity index (χ3n) is 1.73. The van der Waals surface area contributed by atoms with Gasteiger partial charge in [0, 0.05) is 0 Å². The first kappa shape index (κ1) is 17.0. The van der Waals surface area contributed by atoms with Gasteiger partial charge in [-0.05, 0) is 0 Å². The minimum atomic E-state index is -0.0617. The number of rotatable bonds is 2. The van der Waals surface area contributed by atoms with Gasteiger partial charge < -0.3 is 12.6 Å². The Morgan fingerprint density at radius 2 is 1.71 bits per heavy atom. The topological polar surface area (TPSA) is 0 Å². The van der Waals surface area contributed by atoms with Crippen molar-refractivity contribution in [3.63, 3.8) is 0 Å². The fourth-order valence-electron chi connectivity index (χ4n) is 1.19. The SMILES string of the molecule is [CH2-]c1ccccc1CC(C)(C)[S-].[Li+].[Li+]. The molecule has 0 radical (unpaired) electrons. The summed E-state index contributed by atoms with van der Waals surface area (Å²) in [6.45, 7) is 8.09. The molecule has 0 aromatic heterocycles. The zero-order chi connectivity index (χ0) is 9.19. The van der Waals surface area contributed by atoms with Gasteiger partial charge in [-0.25, -0.2) is 0 Å². The van der Waals surface area contributed by atoms with Crippen molar-refractivity contribution in [2.45, 2.75) is 25.0 Å². The van der Waals surface area contributed by atoms with Crippen molar-refractivity contribution in [1.82, 2.24) is 0 Å². The van der Waals surface area contributed by atoms with Crippen LogP contribution in [-0.2, 0) is 19.0 Å². The second-order valence-electron chi connectivity index (χ2n) is 3.71.